The van der Waals surface area contributed by atoms with Gasteiger partial charge < -0.3 is 9.47 Å². The van der Waals surface area contributed by atoms with Gasteiger partial charge in [-0.15, -0.1) is 0 Å². The Morgan fingerprint density at radius 1 is 0.962 bits per heavy atom. The normalized spacial score (nSPS) is 11.1. The molecule has 1 aromatic heterocycles. The number of esters is 1. The highest BCUT2D eigenvalue weighted by atomic mass is 16.5. The third-order valence-corrected chi connectivity index (χ3v) is 3.58. The minimum absolute atomic E-state index is 0.234. The molecule has 5 nitrogen and oxygen atoms in total. The predicted molar refractivity (Wildman–Crippen MR) is 99.0 cm³/mol. The average molecular weight is 346 g/mol. The average Bonchev–Trinajstić information content (AvgIpc) is 2.65. The second-order valence-corrected chi connectivity index (χ2v) is 5.58. The molecule has 0 aliphatic rings. The molecule has 130 valence electrons. The molecule has 0 radical (unpaired) electrons. The highest BCUT2D eigenvalue weighted by molar-refractivity contribution is 6.17. The number of nitrogens with zero attached hydrogens (tertiary/aromatic N) is 2. The number of aryl methyl sites for hydroxylation is 1. The van der Waals surface area contributed by atoms with Crippen LogP contribution in [0.25, 0.3) is 5.57 Å². The SMILES string of the molecule is CC=C(C(=O)Oc1cccc(Oc2ncc(C)cn2)c1)c1ccccc1. The monoisotopic (exact) mass is 346 g/mol. The molecule has 3 rings (SSSR count). The van der Waals surface area contributed by atoms with Crippen molar-refractivity contribution in [2.75, 3.05) is 0 Å². The van der Waals surface area contributed by atoms with E-state index in [1.807, 2.05) is 37.3 Å². The fourth-order valence-electron chi connectivity index (χ4n) is 2.32. The zero-order valence-electron chi connectivity index (χ0n) is 14.5. The number of aromatic nitrogens is 2. The number of rotatable bonds is 5. The fraction of sp³-hybridized carbons (Fsp3) is 0.0952. The van der Waals surface area contributed by atoms with E-state index in [0.29, 0.717) is 17.1 Å². The molecule has 26 heavy (non-hydrogen) atoms. The highest BCUT2D eigenvalue weighted by Gasteiger charge is 2.14. The van der Waals surface area contributed by atoms with Crippen molar-refractivity contribution in [2.24, 2.45) is 0 Å². The zero-order chi connectivity index (χ0) is 18.4. The number of allylic oxidation sites excluding steroid dienone is 1. The minimum atomic E-state index is -0.428. The van der Waals surface area contributed by atoms with Crippen LogP contribution in [0.4, 0.5) is 0 Å². The van der Waals surface area contributed by atoms with Crippen LogP contribution in [0.5, 0.6) is 17.5 Å². The molecule has 0 bridgehead atoms. The Balaban J connectivity index is 1.74. The Hall–Kier alpha value is -3.47. The second-order valence-electron chi connectivity index (χ2n) is 5.58. The third kappa shape index (κ3) is 4.33. The summed E-state index contributed by atoms with van der Waals surface area (Å²) in [6.07, 6.45) is 5.08. The van der Waals surface area contributed by atoms with Crippen LogP contribution >= 0.6 is 0 Å². The lowest BCUT2D eigenvalue weighted by Crippen LogP contribution is -2.10. The van der Waals surface area contributed by atoms with Crippen LogP contribution in [0.1, 0.15) is 18.1 Å². The fourth-order valence-corrected chi connectivity index (χ4v) is 2.32. The van der Waals surface area contributed by atoms with Crippen molar-refractivity contribution in [1.82, 2.24) is 9.97 Å². The maximum absolute atomic E-state index is 12.5. The van der Waals surface area contributed by atoms with Crippen LogP contribution in [-0.4, -0.2) is 15.9 Å². The molecule has 0 fully saturated rings. The number of benzene rings is 2. The van der Waals surface area contributed by atoms with Gasteiger partial charge in [0.1, 0.15) is 11.5 Å². The van der Waals surface area contributed by atoms with Crippen molar-refractivity contribution in [1.29, 1.82) is 0 Å². The molecule has 1 heterocycles. The molecule has 0 N–H and O–H groups in total. The van der Waals surface area contributed by atoms with Gasteiger partial charge in [-0.1, -0.05) is 42.5 Å². The summed E-state index contributed by atoms with van der Waals surface area (Å²) in [5, 5.41) is 0. The first-order valence-electron chi connectivity index (χ1n) is 8.16. The van der Waals surface area contributed by atoms with E-state index >= 15 is 0 Å². The molecule has 0 aliphatic carbocycles. The van der Waals surface area contributed by atoms with E-state index in [2.05, 4.69) is 9.97 Å². The van der Waals surface area contributed by atoms with Crippen molar-refractivity contribution in [3.8, 4) is 17.5 Å². The van der Waals surface area contributed by atoms with E-state index in [1.165, 1.54) is 0 Å². The van der Waals surface area contributed by atoms with Crippen LogP contribution in [0.2, 0.25) is 0 Å². The molecule has 3 aromatic rings. The first kappa shape index (κ1) is 17.4. The minimum Gasteiger partial charge on any atom is -0.424 e. The van der Waals surface area contributed by atoms with Gasteiger partial charge in [-0.05, 0) is 37.1 Å². The molecule has 0 atom stereocenters. The zero-order valence-corrected chi connectivity index (χ0v) is 14.5. The van der Waals surface area contributed by atoms with E-state index in [1.54, 1.807) is 49.7 Å². The number of carbonyl (C=O) groups excluding carboxylic acids is 1. The topological polar surface area (TPSA) is 61.3 Å². The van der Waals surface area contributed by atoms with E-state index in [9.17, 15) is 4.79 Å². The summed E-state index contributed by atoms with van der Waals surface area (Å²) in [4.78, 5) is 20.7. The summed E-state index contributed by atoms with van der Waals surface area (Å²) in [5.41, 5.74) is 2.25. The van der Waals surface area contributed by atoms with Gasteiger partial charge in [0.15, 0.2) is 0 Å². The summed E-state index contributed by atoms with van der Waals surface area (Å²) < 4.78 is 11.1. The van der Waals surface area contributed by atoms with Crippen molar-refractivity contribution in [2.45, 2.75) is 13.8 Å². The van der Waals surface area contributed by atoms with Gasteiger partial charge in [0.2, 0.25) is 0 Å². The van der Waals surface area contributed by atoms with Crippen LogP contribution in [0, 0.1) is 6.92 Å². The Bertz CT molecular complexity index is 920. The maximum Gasteiger partial charge on any atom is 0.343 e. The summed E-state index contributed by atoms with van der Waals surface area (Å²) in [5.74, 6) is 0.443. The predicted octanol–water partition coefficient (Wildman–Crippen LogP) is 4.59. The van der Waals surface area contributed by atoms with Crippen LogP contribution < -0.4 is 9.47 Å². The first-order valence-corrected chi connectivity index (χ1v) is 8.16. The molecular weight excluding hydrogens is 328 g/mol. The lowest BCUT2D eigenvalue weighted by atomic mass is 10.1. The summed E-state index contributed by atoms with van der Waals surface area (Å²) in [7, 11) is 0. The number of hydrogen-bond acceptors (Lipinski definition) is 5. The van der Waals surface area contributed by atoms with Gasteiger partial charge in [0, 0.05) is 18.5 Å². The lowest BCUT2D eigenvalue weighted by Gasteiger charge is -2.09. The standard InChI is InChI=1S/C21H18N2O3/c1-3-19(16-8-5-4-6-9-16)20(24)25-17-10-7-11-18(12-17)26-21-22-13-15(2)14-23-21/h3-14H,1-2H3. The largest absolute Gasteiger partial charge is 0.424 e. The van der Waals surface area contributed by atoms with Crippen LogP contribution in [0.15, 0.2) is 73.1 Å². The van der Waals surface area contributed by atoms with Gasteiger partial charge in [-0.25, -0.2) is 14.8 Å². The van der Waals surface area contributed by atoms with Crippen molar-refractivity contribution >= 4 is 11.5 Å². The Morgan fingerprint density at radius 3 is 2.35 bits per heavy atom. The molecule has 0 aliphatic heterocycles. The maximum atomic E-state index is 12.5. The molecule has 0 spiro atoms. The molecule has 0 saturated carbocycles. The van der Waals surface area contributed by atoms with E-state index < -0.39 is 5.97 Å². The van der Waals surface area contributed by atoms with Crippen molar-refractivity contribution in [3.05, 3.63) is 84.2 Å². The van der Waals surface area contributed by atoms with E-state index in [4.69, 9.17) is 9.47 Å². The number of hydrogen-bond donors (Lipinski definition) is 0. The Kier molecular flexibility index (Phi) is 5.39. The summed E-state index contributed by atoms with van der Waals surface area (Å²) >= 11 is 0. The summed E-state index contributed by atoms with van der Waals surface area (Å²) in [6, 6.07) is 16.4. The molecule has 2 aromatic carbocycles. The molecule has 0 amide bonds. The quantitative estimate of drug-likeness (QED) is 0.384. The Labute approximate surface area is 152 Å². The van der Waals surface area contributed by atoms with Gasteiger partial charge in [0.25, 0.3) is 0 Å². The third-order valence-electron chi connectivity index (χ3n) is 3.58. The number of ether oxygens (including phenoxy) is 2. The molecular formula is C21H18N2O3. The number of carbonyl (C=O) groups is 1. The lowest BCUT2D eigenvalue weighted by molar-refractivity contribution is -0.127. The highest BCUT2D eigenvalue weighted by Crippen LogP contribution is 2.25. The van der Waals surface area contributed by atoms with Gasteiger partial charge in [0.05, 0.1) is 5.57 Å². The smallest absolute Gasteiger partial charge is 0.343 e. The van der Waals surface area contributed by atoms with Crippen LogP contribution in [-0.2, 0) is 4.79 Å². The second kappa shape index (κ2) is 8.07. The molecule has 0 saturated heterocycles. The summed E-state index contributed by atoms with van der Waals surface area (Å²) in [6.45, 7) is 3.70. The van der Waals surface area contributed by atoms with Crippen LogP contribution in [0.3, 0.4) is 0 Å². The van der Waals surface area contributed by atoms with E-state index in [0.717, 1.165) is 11.1 Å². The van der Waals surface area contributed by atoms with Gasteiger partial charge >= 0.3 is 12.0 Å². The van der Waals surface area contributed by atoms with Gasteiger partial charge in [-0.3, -0.25) is 0 Å². The van der Waals surface area contributed by atoms with E-state index in [-0.39, 0.29) is 6.01 Å². The van der Waals surface area contributed by atoms with Crippen molar-refractivity contribution < 1.29 is 14.3 Å². The van der Waals surface area contributed by atoms with Gasteiger partial charge in [-0.2, -0.15) is 0 Å². The van der Waals surface area contributed by atoms with Crippen molar-refractivity contribution in [3.63, 3.8) is 0 Å². The first-order chi connectivity index (χ1) is 12.7. The molecule has 5 heteroatoms. The molecule has 0 unspecified atom stereocenters. The Morgan fingerprint density at radius 2 is 1.65 bits per heavy atom.